The van der Waals surface area contributed by atoms with Crippen molar-refractivity contribution >= 4 is 16.8 Å². The van der Waals surface area contributed by atoms with Gasteiger partial charge in [-0.25, -0.2) is 0 Å². The van der Waals surface area contributed by atoms with Gasteiger partial charge in [0.2, 0.25) is 5.91 Å². The van der Waals surface area contributed by atoms with Crippen molar-refractivity contribution < 1.29 is 4.79 Å². The number of aromatic nitrogens is 1. The topological polar surface area (TPSA) is 70.9 Å². The highest BCUT2D eigenvalue weighted by molar-refractivity contribution is 5.86. The lowest BCUT2D eigenvalue weighted by molar-refractivity contribution is -0.122. The predicted molar refractivity (Wildman–Crippen MR) is 73.3 cm³/mol. The third-order valence-electron chi connectivity index (χ3n) is 2.88. The number of hydrogen-bond acceptors (Lipinski definition) is 2. The molecule has 0 aliphatic carbocycles. The summed E-state index contributed by atoms with van der Waals surface area (Å²) in [5.41, 5.74) is 8.08. The van der Waals surface area contributed by atoms with E-state index in [0.29, 0.717) is 6.42 Å². The number of nitrogens with one attached hydrogen (secondary N) is 2. The smallest absolute Gasteiger partial charge is 0.237 e. The number of carbonyl (C=O) groups excluding carboxylic acids is 1. The molecule has 1 unspecified atom stereocenters. The fraction of sp³-hybridized carbons (Fsp3) is 0.357. The Hall–Kier alpha value is -1.81. The number of H-pyrrole nitrogens is 1. The molecule has 0 bridgehead atoms. The molecule has 0 radical (unpaired) electrons. The summed E-state index contributed by atoms with van der Waals surface area (Å²) in [5.74, 6) is -0.102. The van der Waals surface area contributed by atoms with Gasteiger partial charge in [0.25, 0.3) is 0 Å². The minimum absolute atomic E-state index is 0.102. The molecular formula is C14H19N3O. The summed E-state index contributed by atoms with van der Waals surface area (Å²) in [5, 5.41) is 3.96. The summed E-state index contributed by atoms with van der Waals surface area (Å²) < 4.78 is 0. The summed E-state index contributed by atoms with van der Waals surface area (Å²) in [7, 11) is 0. The van der Waals surface area contributed by atoms with Crippen LogP contribution in [0.4, 0.5) is 0 Å². The van der Waals surface area contributed by atoms with Gasteiger partial charge >= 0.3 is 0 Å². The molecule has 96 valence electrons. The van der Waals surface area contributed by atoms with Gasteiger partial charge in [-0.1, -0.05) is 18.2 Å². The molecule has 1 aromatic carbocycles. The van der Waals surface area contributed by atoms with Crippen molar-refractivity contribution in [1.29, 1.82) is 0 Å². The van der Waals surface area contributed by atoms with E-state index in [1.807, 2.05) is 44.3 Å². The summed E-state index contributed by atoms with van der Waals surface area (Å²) in [6.45, 7) is 3.85. The van der Waals surface area contributed by atoms with Crippen molar-refractivity contribution in [3.8, 4) is 0 Å². The quantitative estimate of drug-likeness (QED) is 0.765. The number of hydrogen-bond donors (Lipinski definition) is 3. The molecule has 1 heterocycles. The molecule has 4 nitrogen and oxygen atoms in total. The lowest BCUT2D eigenvalue weighted by atomic mass is 10.0. The number of para-hydroxylation sites is 1. The van der Waals surface area contributed by atoms with Crippen LogP contribution in [0.15, 0.2) is 30.5 Å². The van der Waals surface area contributed by atoms with Crippen LogP contribution in [0.5, 0.6) is 0 Å². The predicted octanol–water partition coefficient (Wildman–Crippen LogP) is 1.56. The lowest BCUT2D eigenvalue weighted by Gasteiger charge is -2.14. The molecule has 0 saturated carbocycles. The van der Waals surface area contributed by atoms with E-state index >= 15 is 0 Å². The molecule has 1 aromatic heterocycles. The lowest BCUT2D eigenvalue weighted by Crippen LogP contribution is -2.44. The minimum atomic E-state index is -0.508. The summed E-state index contributed by atoms with van der Waals surface area (Å²) in [6.07, 6.45) is 2.47. The number of fused-ring (bicyclic) bond motifs is 1. The fourth-order valence-electron chi connectivity index (χ4n) is 2.02. The first kappa shape index (κ1) is 12.6. The number of nitrogens with two attached hydrogens (primary N) is 1. The second-order valence-electron chi connectivity index (χ2n) is 4.83. The minimum Gasteiger partial charge on any atom is -0.361 e. The van der Waals surface area contributed by atoms with E-state index in [1.54, 1.807) is 0 Å². The van der Waals surface area contributed by atoms with Crippen molar-refractivity contribution in [1.82, 2.24) is 10.3 Å². The normalized spacial score (nSPS) is 12.9. The summed E-state index contributed by atoms with van der Waals surface area (Å²) in [6, 6.07) is 7.62. The molecule has 18 heavy (non-hydrogen) atoms. The molecule has 0 spiro atoms. The first-order valence-electron chi connectivity index (χ1n) is 6.19. The maximum Gasteiger partial charge on any atom is 0.237 e. The molecule has 2 rings (SSSR count). The highest BCUT2D eigenvalue weighted by atomic mass is 16.2. The Labute approximate surface area is 107 Å². The Kier molecular flexibility index (Phi) is 3.67. The molecule has 0 aliphatic rings. The van der Waals surface area contributed by atoms with Gasteiger partial charge in [0.05, 0.1) is 6.04 Å². The van der Waals surface area contributed by atoms with Crippen LogP contribution in [-0.4, -0.2) is 23.0 Å². The zero-order valence-electron chi connectivity index (χ0n) is 10.7. The Morgan fingerprint density at radius 2 is 2.11 bits per heavy atom. The van der Waals surface area contributed by atoms with Gasteiger partial charge in [-0.15, -0.1) is 0 Å². The second kappa shape index (κ2) is 5.23. The van der Waals surface area contributed by atoms with Crippen molar-refractivity contribution in [2.24, 2.45) is 5.73 Å². The Bertz CT molecular complexity index is 545. The van der Waals surface area contributed by atoms with E-state index in [9.17, 15) is 4.79 Å². The highest BCUT2D eigenvalue weighted by Crippen LogP contribution is 2.18. The zero-order chi connectivity index (χ0) is 13.1. The third kappa shape index (κ3) is 2.71. The molecule has 0 saturated heterocycles. The Morgan fingerprint density at radius 1 is 1.39 bits per heavy atom. The van der Waals surface area contributed by atoms with Crippen LogP contribution in [0.2, 0.25) is 0 Å². The van der Waals surface area contributed by atoms with Gasteiger partial charge in [0.1, 0.15) is 0 Å². The van der Waals surface area contributed by atoms with Gasteiger partial charge in [0.15, 0.2) is 0 Å². The Morgan fingerprint density at radius 3 is 2.83 bits per heavy atom. The highest BCUT2D eigenvalue weighted by Gasteiger charge is 2.16. The number of benzene rings is 1. The SMILES string of the molecule is CC(C)NC(=O)C(N)Cc1c[nH]c2ccccc12. The van der Waals surface area contributed by atoms with E-state index in [1.165, 1.54) is 0 Å². The van der Waals surface area contributed by atoms with Crippen LogP contribution in [0, 0.1) is 0 Å². The molecule has 4 heteroatoms. The number of aromatic amines is 1. The van der Waals surface area contributed by atoms with E-state index in [0.717, 1.165) is 16.5 Å². The average Bonchev–Trinajstić information content (AvgIpc) is 2.72. The number of amides is 1. The van der Waals surface area contributed by atoms with Crippen LogP contribution in [0.3, 0.4) is 0 Å². The van der Waals surface area contributed by atoms with Crippen molar-refractivity contribution in [2.45, 2.75) is 32.4 Å². The van der Waals surface area contributed by atoms with E-state index in [4.69, 9.17) is 5.73 Å². The van der Waals surface area contributed by atoms with Crippen LogP contribution >= 0.6 is 0 Å². The third-order valence-corrected chi connectivity index (χ3v) is 2.88. The van der Waals surface area contributed by atoms with Crippen molar-refractivity contribution in [3.05, 3.63) is 36.0 Å². The van der Waals surface area contributed by atoms with Crippen LogP contribution in [0.25, 0.3) is 10.9 Å². The first-order chi connectivity index (χ1) is 8.58. The fourth-order valence-corrected chi connectivity index (χ4v) is 2.02. The zero-order valence-corrected chi connectivity index (χ0v) is 10.7. The maximum atomic E-state index is 11.8. The van der Waals surface area contributed by atoms with Gasteiger partial charge in [-0.2, -0.15) is 0 Å². The van der Waals surface area contributed by atoms with Crippen molar-refractivity contribution in [3.63, 3.8) is 0 Å². The van der Waals surface area contributed by atoms with Crippen molar-refractivity contribution in [2.75, 3.05) is 0 Å². The van der Waals surface area contributed by atoms with Crippen LogP contribution in [-0.2, 0) is 11.2 Å². The molecule has 4 N–H and O–H groups in total. The summed E-state index contributed by atoms with van der Waals surface area (Å²) >= 11 is 0. The maximum absolute atomic E-state index is 11.8. The van der Waals surface area contributed by atoms with E-state index < -0.39 is 6.04 Å². The second-order valence-corrected chi connectivity index (χ2v) is 4.83. The van der Waals surface area contributed by atoms with E-state index in [2.05, 4.69) is 10.3 Å². The monoisotopic (exact) mass is 245 g/mol. The van der Waals surface area contributed by atoms with Crippen LogP contribution < -0.4 is 11.1 Å². The van der Waals surface area contributed by atoms with Gasteiger partial charge in [0, 0.05) is 23.1 Å². The molecule has 0 fully saturated rings. The summed E-state index contributed by atoms with van der Waals surface area (Å²) in [4.78, 5) is 15.0. The van der Waals surface area contributed by atoms with Crippen LogP contribution in [0.1, 0.15) is 19.4 Å². The first-order valence-corrected chi connectivity index (χ1v) is 6.19. The van der Waals surface area contributed by atoms with Gasteiger partial charge in [-0.3, -0.25) is 4.79 Å². The standard InChI is InChI=1S/C14H19N3O/c1-9(2)17-14(18)12(15)7-10-8-16-13-6-4-3-5-11(10)13/h3-6,8-9,12,16H,7,15H2,1-2H3,(H,17,18). The molecule has 0 aliphatic heterocycles. The average molecular weight is 245 g/mol. The number of rotatable bonds is 4. The van der Waals surface area contributed by atoms with Gasteiger partial charge in [-0.05, 0) is 31.9 Å². The molecule has 2 aromatic rings. The molecule has 1 amide bonds. The van der Waals surface area contributed by atoms with E-state index in [-0.39, 0.29) is 11.9 Å². The number of carbonyl (C=O) groups is 1. The Balaban J connectivity index is 2.11. The van der Waals surface area contributed by atoms with Gasteiger partial charge < -0.3 is 16.0 Å². The molecular weight excluding hydrogens is 226 g/mol. The largest absolute Gasteiger partial charge is 0.361 e. The molecule has 1 atom stereocenters.